The fourth-order valence-corrected chi connectivity index (χ4v) is 5.81. The second kappa shape index (κ2) is 11.0. The first kappa shape index (κ1) is 29.0. The van der Waals surface area contributed by atoms with Crippen molar-refractivity contribution in [1.82, 2.24) is 19.7 Å². The van der Waals surface area contributed by atoms with Gasteiger partial charge in [-0.25, -0.2) is 13.8 Å². The summed E-state index contributed by atoms with van der Waals surface area (Å²) in [5.41, 5.74) is -2.11. The van der Waals surface area contributed by atoms with Crippen molar-refractivity contribution in [3.8, 4) is 0 Å². The number of rotatable bonds is 6. The molecule has 4 heterocycles. The van der Waals surface area contributed by atoms with Gasteiger partial charge in [0.15, 0.2) is 11.8 Å². The van der Waals surface area contributed by atoms with Crippen molar-refractivity contribution in [3.63, 3.8) is 0 Å². The number of aromatic nitrogens is 3. The van der Waals surface area contributed by atoms with Crippen molar-refractivity contribution in [1.29, 1.82) is 0 Å². The van der Waals surface area contributed by atoms with Gasteiger partial charge in [0.05, 0.1) is 10.7 Å². The Labute approximate surface area is 231 Å². The Kier molecular flexibility index (Phi) is 7.78. The number of nitrogens with zero attached hydrogens (tertiary/aromatic N) is 5. The highest BCUT2D eigenvalue weighted by atomic mass is 32.1. The Morgan fingerprint density at radius 2 is 1.78 bits per heavy atom. The zero-order valence-electron chi connectivity index (χ0n) is 20.9. The molecule has 1 aromatic carbocycles. The molecule has 0 saturated carbocycles. The zero-order valence-corrected chi connectivity index (χ0v) is 21.7. The van der Waals surface area contributed by atoms with E-state index in [-0.39, 0.29) is 41.7 Å². The van der Waals surface area contributed by atoms with Gasteiger partial charge in [-0.15, -0.1) is 11.3 Å². The first-order chi connectivity index (χ1) is 19.3. The van der Waals surface area contributed by atoms with Crippen LogP contribution < -0.4 is 0 Å². The van der Waals surface area contributed by atoms with Crippen LogP contribution in [0.2, 0.25) is 0 Å². The Hall–Kier alpha value is -3.56. The van der Waals surface area contributed by atoms with E-state index >= 15 is 0 Å². The average molecular weight is 608 g/mol. The van der Waals surface area contributed by atoms with Gasteiger partial charge in [0, 0.05) is 48.0 Å². The smallest absolute Gasteiger partial charge is 0.387 e. The predicted octanol–water partition coefficient (Wildman–Crippen LogP) is 6.59. The number of piperidine rings is 1. The monoisotopic (exact) mass is 607 g/mol. The molecule has 0 spiro atoms. The van der Waals surface area contributed by atoms with Gasteiger partial charge in [0.1, 0.15) is 18.0 Å². The summed E-state index contributed by atoms with van der Waals surface area (Å²) in [4.78, 5) is 24.0. The number of benzene rings is 1. The van der Waals surface area contributed by atoms with Crippen LogP contribution in [0.4, 0.5) is 35.1 Å². The molecule has 2 aromatic heterocycles. The number of carbonyl (C=O) groups is 1. The predicted molar refractivity (Wildman–Crippen MR) is 129 cm³/mol. The van der Waals surface area contributed by atoms with E-state index in [9.17, 15) is 39.9 Å². The number of carbonyl (C=O) groups excluding carboxylic acids is 1. The lowest BCUT2D eigenvalue weighted by Crippen LogP contribution is -2.40. The molecule has 0 bridgehead atoms. The largest absolute Gasteiger partial charge is 0.435 e. The lowest BCUT2D eigenvalue weighted by molar-refractivity contribution is -0.146. The van der Waals surface area contributed by atoms with Crippen molar-refractivity contribution in [2.75, 3.05) is 13.1 Å². The number of hydrogen-bond donors (Lipinski definition) is 0. The first-order valence-corrected chi connectivity index (χ1v) is 13.2. The SMILES string of the molecule is O=C(Cn1nc(C(F)(F)F)cc1C(F)(F)F)N1CCC(c2nc(C3=NOC(c4ccccc4C(F)F)C3)cs2)CC1. The molecule has 5 rings (SSSR count). The topological polar surface area (TPSA) is 72.6 Å². The van der Waals surface area contributed by atoms with Crippen LogP contribution >= 0.6 is 11.3 Å². The summed E-state index contributed by atoms with van der Waals surface area (Å²) in [5, 5.41) is 9.54. The minimum absolute atomic E-state index is 0.0434. The standard InChI is InChI=1S/C25H21F8N5O2S/c26-22(27)15-4-2-1-3-14(15)18-9-16(36-40-18)17-12-41-23(34-17)13-5-7-37(8-6-13)21(39)11-38-20(25(31,32)33)10-19(35-38)24(28,29)30/h1-4,10,12-13,18,22H,5-9,11H2. The fourth-order valence-electron chi connectivity index (χ4n) is 4.81. The van der Waals surface area contributed by atoms with E-state index in [0.29, 0.717) is 29.8 Å². The summed E-state index contributed by atoms with van der Waals surface area (Å²) in [5.74, 6) is -0.846. The molecule has 1 fully saturated rings. The molecule has 41 heavy (non-hydrogen) atoms. The van der Waals surface area contributed by atoms with E-state index in [1.807, 2.05) is 0 Å². The maximum absolute atomic E-state index is 13.4. The van der Waals surface area contributed by atoms with Gasteiger partial charge in [-0.05, 0) is 12.8 Å². The highest BCUT2D eigenvalue weighted by Gasteiger charge is 2.42. The quantitative estimate of drug-likeness (QED) is 0.297. The Balaban J connectivity index is 1.19. The maximum atomic E-state index is 13.4. The Bertz CT molecular complexity index is 1440. The van der Waals surface area contributed by atoms with Gasteiger partial charge in [-0.3, -0.25) is 9.48 Å². The van der Waals surface area contributed by atoms with Gasteiger partial charge in [-0.2, -0.15) is 31.4 Å². The van der Waals surface area contributed by atoms with Crippen LogP contribution in [-0.4, -0.2) is 44.4 Å². The van der Waals surface area contributed by atoms with Crippen LogP contribution in [-0.2, 0) is 28.5 Å². The minimum Gasteiger partial charge on any atom is -0.387 e. The van der Waals surface area contributed by atoms with Crippen LogP contribution in [0.3, 0.4) is 0 Å². The molecule has 1 amide bonds. The average Bonchev–Trinajstić information content (AvgIpc) is 3.67. The third-order valence-electron chi connectivity index (χ3n) is 6.91. The summed E-state index contributed by atoms with van der Waals surface area (Å²) >= 11 is 1.35. The van der Waals surface area contributed by atoms with Gasteiger partial charge in [-0.1, -0.05) is 29.4 Å². The highest BCUT2D eigenvalue weighted by molar-refractivity contribution is 7.10. The molecule has 0 radical (unpaired) electrons. The fraction of sp³-hybridized carbons (Fsp3) is 0.440. The number of oxime groups is 1. The third kappa shape index (κ3) is 6.21. The van der Waals surface area contributed by atoms with E-state index in [1.165, 1.54) is 28.4 Å². The van der Waals surface area contributed by atoms with E-state index in [4.69, 9.17) is 4.84 Å². The van der Waals surface area contributed by atoms with E-state index in [1.54, 1.807) is 17.5 Å². The molecule has 0 aliphatic carbocycles. The molecular formula is C25H21F8N5O2S. The number of likely N-dealkylation sites (tertiary alicyclic amines) is 1. The van der Waals surface area contributed by atoms with Crippen LogP contribution in [0, 0.1) is 0 Å². The van der Waals surface area contributed by atoms with Crippen LogP contribution in [0.5, 0.6) is 0 Å². The lowest BCUT2D eigenvalue weighted by Gasteiger charge is -2.31. The maximum Gasteiger partial charge on any atom is 0.435 e. The van der Waals surface area contributed by atoms with Crippen molar-refractivity contribution in [2.24, 2.45) is 5.16 Å². The Morgan fingerprint density at radius 3 is 2.44 bits per heavy atom. The van der Waals surface area contributed by atoms with Gasteiger partial charge < -0.3 is 9.74 Å². The first-order valence-electron chi connectivity index (χ1n) is 12.4. The van der Waals surface area contributed by atoms with Gasteiger partial charge in [0.2, 0.25) is 5.91 Å². The normalized spacial score (nSPS) is 18.6. The second-order valence-corrected chi connectivity index (χ2v) is 10.4. The molecular weight excluding hydrogens is 586 g/mol. The number of thiazole rings is 1. The molecule has 16 heteroatoms. The number of halogens is 8. The van der Waals surface area contributed by atoms with Crippen molar-refractivity contribution in [2.45, 2.75) is 56.6 Å². The van der Waals surface area contributed by atoms with Crippen molar-refractivity contribution >= 4 is 23.0 Å². The number of hydrogen-bond acceptors (Lipinski definition) is 6. The second-order valence-electron chi connectivity index (χ2n) is 9.56. The Morgan fingerprint density at radius 1 is 1.07 bits per heavy atom. The molecule has 2 aliphatic rings. The lowest BCUT2D eigenvalue weighted by atomic mass is 9.97. The number of alkyl halides is 8. The minimum atomic E-state index is -5.12. The van der Waals surface area contributed by atoms with E-state index in [2.05, 4.69) is 15.2 Å². The molecule has 1 unspecified atom stereocenters. The summed E-state index contributed by atoms with van der Waals surface area (Å²) in [6, 6.07) is 5.96. The van der Waals surface area contributed by atoms with Gasteiger partial charge >= 0.3 is 12.4 Å². The summed E-state index contributed by atoms with van der Waals surface area (Å²) in [6.07, 6.45) is -12.4. The van der Waals surface area contributed by atoms with E-state index in [0.717, 1.165) is 5.01 Å². The van der Waals surface area contributed by atoms with Crippen molar-refractivity contribution < 1.29 is 44.8 Å². The third-order valence-corrected chi connectivity index (χ3v) is 7.91. The molecule has 2 aliphatic heterocycles. The molecule has 1 atom stereocenters. The van der Waals surface area contributed by atoms with Crippen molar-refractivity contribution in [3.05, 3.63) is 68.9 Å². The summed E-state index contributed by atoms with van der Waals surface area (Å²) in [7, 11) is 0. The summed E-state index contributed by atoms with van der Waals surface area (Å²) in [6.45, 7) is -0.639. The molecule has 0 N–H and O–H groups in total. The van der Waals surface area contributed by atoms with Crippen LogP contribution in [0.15, 0.2) is 40.9 Å². The van der Waals surface area contributed by atoms with Crippen LogP contribution in [0.25, 0.3) is 0 Å². The van der Waals surface area contributed by atoms with E-state index < -0.39 is 48.7 Å². The van der Waals surface area contributed by atoms with Gasteiger partial charge in [0.25, 0.3) is 6.43 Å². The molecule has 7 nitrogen and oxygen atoms in total. The highest BCUT2D eigenvalue weighted by Crippen LogP contribution is 2.38. The molecule has 3 aromatic rings. The zero-order chi connectivity index (χ0) is 29.5. The molecule has 220 valence electrons. The summed E-state index contributed by atoms with van der Waals surface area (Å²) < 4.78 is 105. The van der Waals surface area contributed by atoms with Crippen LogP contribution in [0.1, 0.15) is 70.9 Å². The molecule has 1 saturated heterocycles. The number of amides is 1.